The van der Waals surface area contributed by atoms with Crippen LogP contribution in [-0.4, -0.2) is 5.78 Å². The molecular formula is C16H18O3. The van der Waals surface area contributed by atoms with Crippen LogP contribution < -0.4 is 5.43 Å². The van der Waals surface area contributed by atoms with Gasteiger partial charge in [0.2, 0.25) is 5.43 Å². The number of hydrogen-bond acceptors (Lipinski definition) is 3. The maximum absolute atomic E-state index is 12.5. The van der Waals surface area contributed by atoms with Crippen LogP contribution in [0.15, 0.2) is 27.6 Å². The van der Waals surface area contributed by atoms with Crippen molar-refractivity contribution >= 4 is 16.8 Å². The minimum Gasteiger partial charge on any atom is -0.463 e. The Kier molecular flexibility index (Phi) is 3.09. The highest BCUT2D eigenvalue weighted by Gasteiger charge is 2.26. The van der Waals surface area contributed by atoms with Gasteiger partial charge in [-0.15, -0.1) is 0 Å². The number of Topliss-reactive ketones (excluding diaryl/α,β-unsaturated/α-hetero) is 1. The van der Waals surface area contributed by atoms with Gasteiger partial charge in [0.05, 0.1) is 5.39 Å². The molecule has 1 aromatic heterocycles. The van der Waals surface area contributed by atoms with Gasteiger partial charge in [0.25, 0.3) is 0 Å². The lowest BCUT2D eigenvalue weighted by molar-refractivity contribution is 0.0855. The highest BCUT2D eigenvalue weighted by molar-refractivity contribution is 6.01. The topological polar surface area (TPSA) is 47.3 Å². The fraction of sp³-hybridized carbons (Fsp3) is 0.375. The van der Waals surface area contributed by atoms with Crippen molar-refractivity contribution in [3.8, 4) is 0 Å². The van der Waals surface area contributed by atoms with Crippen molar-refractivity contribution in [1.82, 2.24) is 0 Å². The van der Waals surface area contributed by atoms with E-state index in [4.69, 9.17) is 4.42 Å². The van der Waals surface area contributed by atoms with E-state index in [1.165, 1.54) is 6.26 Å². The Morgan fingerprint density at radius 3 is 2.37 bits per heavy atom. The number of carbonyl (C=O) groups is 1. The van der Waals surface area contributed by atoms with E-state index in [2.05, 4.69) is 0 Å². The molecule has 100 valence electrons. The third-order valence-corrected chi connectivity index (χ3v) is 3.14. The Bertz CT molecular complexity index is 715. The molecule has 0 atom stereocenters. The first kappa shape index (κ1) is 13.5. The fourth-order valence-corrected chi connectivity index (χ4v) is 2.18. The predicted octanol–water partition coefficient (Wildman–Crippen LogP) is 3.64. The molecule has 0 amide bonds. The van der Waals surface area contributed by atoms with E-state index < -0.39 is 5.41 Å². The molecule has 1 aromatic carbocycles. The van der Waals surface area contributed by atoms with Crippen molar-refractivity contribution in [3.63, 3.8) is 0 Å². The van der Waals surface area contributed by atoms with Crippen LogP contribution in [0.1, 0.15) is 42.3 Å². The van der Waals surface area contributed by atoms with Crippen molar-refractivity contribution in [2.45, 2.75) is 34.6 Å². The SMILES string of the molecule is Cc1cc(C)c2c(=O)c(C(=O)C(C)(C)C)coc2c1. The van der Waals surface area contributed by atoms with Gasteiger partial charge in [-0.05, 0) is 31.0 Å². The molecule has 0 unspecified atom stereocenters. The second kappa shape index (κ2) is 4.34. The standard InChI is InChI=1S/C16H18O3/c1-9-6-10(2)13-12(7-9)19-8-11(14(13)17)15(18)16(3,4)5/h6-8H,1-5H3. The first-order valence-electron chi connectivity index (χ1n) is 6.29. The minimum absolute atomic E-state index is 0.131. The lowest BCUT2D eigenvalue weighted by atomic mass is 9.86. The minimum atomic E-state index is -0.596. The zero-order valence-electron chi connectivity index (χ0n) is 12.0. The van der Waals surface area contributed by atoms with Gasteiger partial charge in [-0.2, -0.15) is 0 Å². The fourth-order valence-electron chi connectivity index (χ4n) is 2.18. The summed E-state index contributed by atoms with van der Waals surface area (Å²) >= 11 is 0. The van der Waals surface area contributed by atoms with Gasteiger partial charge in [0.1, 0.15) is 17.4 Å². The second-order valence-corrected chi connectivity index (χ2v) is 6.01. The van der Waals surface area contributed by atoms with Gasteiger partial charge in [0, 0.05) is 5.41 Å². The van der Waals surface area contributed by atoms with Crippen LogP contribution in [-0.2, 0) is 0 Å². The number of rotatable bonds is 1. The number of fused-ring (bicyclic) bond motifs is 1. The largest absolute Gasteiger partial charge is 0.463 e. The van der Waals surface area contributed by atoms with Crippen molar-refractivity contribution < 1.29 is 9.21 Å². The van der Waals surface area contributed by atoms with E-state index in [0.29, 0.717) is 11.0 Å². The first-order chi connectivity index (χ1) is 8.71. The molecular weight excluding hydrogens is 240 g/mol. The molecule has 0 N–H and O–H groups in total. The molecule has 0 saturated carbocycles. The van der Waals surface area contributed by atoms with E-state index in [0.717, 1.165) is 11.1 Å². The number of ketones is 1. The molecule has 2 aromatic rings. The molecule has 0 bridgehead atoms. The Balaban J connectivity index is 2.79. The molecule has 0 aliphatic rings. The average Bonchev–Trinajstić information content (AvgIpc) is 2.26. The smallest absolute Gasteiger partial charge is 0.203 e. The molecule has 0 aliphatic heterocycles. The van der Waals surface area contributed by atoms with E-state index in [9.17, 15) is 9.59 Å². The highest BCUT2D eigenvalue weighted by atomic mass is 16.3. The van der Waals surface area contributed by atoms with Gasteiger partial charge in [-0.25, -0.2) is 0 Å². The monoisotopic (exact) mass is 258 g/mol. The summed E-state index contributed by atoms with van der Waals surface area (Å²) in [6, 6.07) is 3.74. The van der Waals surface area contributed by atoms with Crippen molar-refractivity contribution in [2.75, 3.05) is 0 Å². The van der Waals surface area contributed by atoms with Gasteiger partial charge >= 0.3 is 0 Å². The zero-order valence-corrected chi connectivity index (χ0v) is 12.0. The molecule has 0 saturated heterocycles. The zero-order chi connectivity index (χ0) is 14.4. The highest BCUT2D eigenvalue weighted by Crippen LogP contribution is 2.22. The van der Waals surface area contributed by atoms with Crippen LogP contribution in [0.3, 0.4) is 0 Å². The molecule has 19 heavy (non-hydrogen) atoms. The average molecular weight is 258 g/mol. The molecule has 0 fully saturated rings. The van der Waals surface area contributed by atoms with E-state index in [1.807, 2.05) is 26.0 Å². The normalized spacial score (nSPS) is 11.8. The van der Waals surface area contributed by atoms with Crippen LogP contribution in [0.2, 0.25) is 0 Å². The maximum atomic E-state index is 12.5. The van der Waals surface area contributed by atoms with Crippen LogP contribution in [0.25, 0.3) is 11.0 Å². The summed E-state index contributed by atoms with van der Waals surface area (Å²) in [4.78, 5) is 24.7. The Hall–Kier alpha value is -1.90. The first-order valence-corrected chi connectivity index (χ1v) is 6.29. The number of carbonyl (C=O) groups excluding carboxylic acids is 1. The van der Waals surface area contributed by atoms with Crippen molar-refractivity contribution in [2.24, 2.45) is 5.41 Å². The molecule has 3 heteroatoms. The van der Waals surface area contributed by atoms with Gasteiger partial charge in [-0.3, -0.25) is 9.59 Å². The van der Waals surface area contributed by atoms with Crippen LogP contribution in [0.4, 0.5) is 0 Å². The number of benzene rings is 1. The third kappa shape index (κ3) is 2.33. The summed E-state index contributed by atoms with van der Waals surface area (Å²) in [7, 11) is 0. The lowest BCUT2D eigenvalue weighted by Crippen LogP contribution is -2.26. The Morgan fingerprint density at radius 2 is 1.79 bits per heavy atom. The molecule has 2 rings (SSSR count). The summed E-state index contributed by atoms with van der Waals surface area (Å²) in [5, 5.41) is 0.501. The summed E-state index contributed by atoms with van der Waals surface area (Å²) in [6.07, 6.45) is 1.29. The number of hydrogen-bond donors (Lipinski definition) is 0. The van der Waals surface area contributed by atoms with Crippen molar-refractivity contribution in [3.05, 3.63) is 45.3 Å². The van der Waals surface area contributed by atoms with Crippen molar-refractivity contribution in [1.29, 1.82) is 0 Å². The van der Waals surface area contributed by atoms with Crippen LogP contribution in [0.5, 0.6) is 0 Å². The molecule has 0 radical (unpaired) electrons. The second-order valence-electron chi connectivity index (χ2n) is 6.01. The van der Waals surface area contributed by atoms with E-state index in [1.54, 1.807) is 20.8 Å². The number of aryl methyl sites for hydroxylation is 2. The Labute approximate surface area is 112 Å². The molecule has 1 heterocycles. The Morgan fingerprint density at radius 1 is 1.16 bits per heavy atom. The van der Waals surface area contributed by atoms with Gasteiger partial charge < -0.3 is 4.42 Å². The van der Waals surface area contributed by atoms with Gasteiger partial charge in [0.15, 0.2) is 5.78 Å². The molecule has 3 nitrogen and oxygen atoms in total. The summed E-state index contributed by atoms with van der Waals surface area (Å²) < 4.78 is 5.48. The maximum Gasteiger partial charge on any atom is 0.203 e. The summed E-state index contributed by atoms with van der Waals surface area (Å²) in [6.45, 7) is 9.18. The molecule has 0 aliphatic carbocycles. The summed E-state index contributed by atoms with van der Waals surface area (Å²) in [5.74, 6) is -0.192. The third-order valence-electron chi connectivity index (χ3n) is 3.14. The molecule has 0 spiro atoms. The van der Waals surface area contributed by atoms with E-state index in [-0.39, 0.29) is 16.8 Å². The quantitative estimate of drug-likeness (QED) is 0.734. The van der Waals surface area contributed by atoms with Crippen LogP contribution in [0, 0.1) is 19.3 Å². The lowest BCUT2D eigenvalue weighted by Gasteiger charge is -2.16. The van der Waals surface area contributed by atoms with Gasteiger partial charge in [-0.1, -0.05) is 26.8 Å². The van der Waals surface area contributed by atoms with E-state index >= 15 is 0 Å². The summed E-state index contributed by atoms with van der Waals surface area (Å²) in [5.41, 5.74) is 1.70. The van der Waals surface area contributed by atoms with Crippen LogP contribution >= 0.6 is 0 Å². The predicted molar refractivity (Wildman–Crippen MR) is 75.7 cm³/mol.